The first-order valence-electron chi connectivity index (χ1n) is 6.35. The highest BCUT2D eigenvalue weighted by Gasteiger charge is 2.36. The van der Waals surface area contributed by atoms with Crippen molar-refractivity contribution in [1.29, 1.82) is 0 Å². The first-order valence-corrected chi connectivity index (χ1v) is 7.16. The molecule has 20 heavy (non-hydrogen) atoms. The van der Waals surface area contributed by atoms with Crippen LogP contribution < -0.4 is 5.32 Å². The lowest BCUT2D eigenvalue weighted by Gasteiger charge is -2.37. The van der Waals surface area contributed by atoms with Crippen LogP contribution in [0.4, 0.5) is 4.39 Å². The number of halogens is 1. The number of benzene rings is 1. The van der Waals surface area contributed by atoms with Crippen molar-refractivity contribution in [2.75, 3.05) is 0 Å². The number of thiophene rings is 1. The number of amides is 1. The largest absolute Gasteiger partial charge is 0.388 e. The van der Waals surface area contributed by atoms with Gasteiger partial charge in [-0.25, -0.2) is 4.39 Å². The second-order valence-electron chi connectivity index (χ2n) is 5.90. The van der Waals surface area contributed by atoms with Gasteiger partial charge in [0.25, 0.3) is 5.91 Å². The van der Waals surface area contributed by atoms with E-state index in [0.717, 1.165) is 4.70 Å². The Morgan fingerprint density at radius 2 is 1.95 bits per heavy atom. The molecule has 108 valence electrons. The normalized spacial score (nSPS) is 12.7. The van der Waals surface area contributed by atoms with Gasteiger partial charge < -0.3 is 10.4 Å². The van der Waals surface area contributed by atoms with E-state index in [1.54, 1.807) is 45.9 Å². The van der Waals surface area contributed by atoms with Crippen LogP contribution in [0.15, 0.2) is 24.3 Å². The van der Waals surface area contributed by atoms with Crippen molar-refractivity contribution in [3.05, 3.63) is 35.0 Å². The summed E-state index contributed by atoms with van der Waals surface area (Å²) in [7, 11) is 0. The van der Waals surface area contributed by atoms with Gasteiger partial charge in [-0.1, -0.05) is 6.07 Å². The summed E-state index contributed by atoms with van der Waals surface area (Å²) in [6.07, 6.45) is 0. The monoisotopic (exact) mass is 295 g/mol. The molecule has 3 nitrogen and oxygen atoms in total. The average Bonchev–Trinajstić information content (AvgIpc) is 2.72. The highest BCUT2D eigenvalue weighted by molar-refractivity contribution is 7.20. The first kappa shape index (κ1) is 14.9. The van der Waals surface area contributed by atoms with Crippen LogP contribution in [0, 0.1) is 5.82 Å². The van der Waals surface area contributed by atoms with Gasteiger partial charge in [-0.2, -0.15) is 0 Å². The van der Waals surface area contributed by atoms with E-state index in [1.807, 2.05) is 0 Å². The van der Waals surface area contributed by atoms with E-state index in [1.165, 1.54) is 17.4 Å². The fourth-order valence-corrected chi connectivity index (χ4v) is 2.61. The molecule has 2 N–H and O–H groups in total. The molecule has 0 fully saturated rings. The van der Waals surface area contributed by atoms with Gasteiger partial charge in [-0.3, -0.25) is 4.79 Å². The van der Waals surface area contributed by atoms with Crippen molar-refractivity contribution in [3.63, 3.8) is 0 Å². The summed E-state index contributed by atoms with van der Waals surface area (Å²) in [5, 5.41) is 13.3. The molecular formula is C15H18FNO2S. The van der Waals surface area contributed by atoms with Crippen molar-refractivity contribution in [3.8, 4) is 0 Å². The molecule has 0 unspecified atom stereocenters. The van der Waals surface area contributed by atoms with E-state index in [-0.39, 0.29) is 11.7 Å². The minimum absolute atomic E-state index is 0.308. The van der Waals surface area contributed by atoms with E-state index in [9.17, 15) is 14.3 Å². The number of carbonyl (C=O) groups excluding carboxylic acids is 1. The summed E-state index contributed by atoms with van der Waals surface area (Å²) < 4.78 is 14.4. The Bertz CT molecular complexity index is 655. The van der Waals surface area contributed by atoms with Gasteiger partial charge in [0, 0.05) is 10.1 Å². The van der Waals surface area contributed by atoms with E-state index in [2.05, 4.69) is 5.32 Å². The molecule has 1 heterocycles. The maximum absolute atomic E-state index is 13.6. The molecule has 1 amide bonds. The van der Waals surface area contributed by atoms with Gasteiger partial charge in [0.05, 0.1) is 16.0 Å². The van der Waals surface area contributed by atoms with Crippen LogP contribution in [-0.2, 0) is 0 Å². The number of nitrogens with one attached hydrogen (secondary N) is 1. The molecule has 0 aliphatic carbocycles. The van der Waals surface area contributed by atoms with Crippen molar-refractivity contribution in [1.82, 2.24) is 5.32 Å². The Morgan fingerprint density at radius 3 is 2.50 bits per heavy atom. The molecule has 0 spiro atoms. The number of aliphatic hydroxyl groups is 1. The molecule has 1 aromatic carbocycles. The summed E-state index contributed by atoms with van der Waals surface area (Å²) in [5.74, 6) is -0.641. The quantitative estimate of drug-likeness (QED) is 0.912. The fourth-order valence-electron chi connectivity index (χ4n) is 1.64. The Morgan fingerprint density at radius 1 is 1.30 bits per heavy atom. The van der Waals surface area contributed by atoms with Gasteiger partial charge in [0.2, 0.25) is 0 Å². The SMILES string of the molecule is CC(C)(O)C(C)(C)NC(=O)c1cc2c(F)cccc2s1. The molecular weight excluding hydrogens is 277 g/mol. The Labute approximate surface area is 121 Å². The Kier molecular flexibility index (Phi) is 3.60. The molecule has 1 aromatic heterocycles. The van der Waals surface area contributed by atoms with E-state index < -0.39 is 11.1 Å². The summed E-state index contributed by atoms with van der Waals surface area (Å²) in [5.41, 5.74) is -1.86. The summed E-state index contributed by atoms with van der Waals surface area (Å²) in [6, 6.07) is 6.32. The van der Waals surface area contributed by atoms with Crippen LogP contribution >= 0.6 is 11.3 Å². The van der Waals surface area contributed by atoms with Crippen LogP contribution in [-0.4, -0.2) is 22.2 Å². The highest BCUT2D eigenvalue weighted by atomic mass is 32.1. The van der Waals surface area contributed by atoms with Gasteiger partial charge in [0.1, 0.15) is 5.82 Å². The van der Waals surface area contributed by atoms with Crippen LogP contribution in [0.3, 0.4) is 0 Å². The molecule has 0 radical (unpaired) electrons. The summed E-state index contributed by atoms with van der Waals surface area (Å²) >= 11 is 1.24. The second kappa shape index (κ2) is 4.82. The van der Waals surface area contributed by atoms with Crippen molar-refractivity contribution in [2.45, 2.75) is 38.8 Å². The van der Waals surface area contributed by atoms with E-state index >= 15 is 0 Å². The zero-order valence-electron chi connectivity index (χ0n) is 12.0. The van der Waals surface area contributed by atoms with E-state index in [0.29, 0.717) is 10.3 Å². The first-order chi connectivity index (χ1) is 9.12. The smallest absolute Gasteiger partial charge is 0.261 e. The Hall–Kier alpha value is -1.46. The Balaban J connectivity index is 2.31. The maximum atomic E-state index is 13.6. The predicted octanol–water partition coefficient (Wildman–Crippen LogP) is 3.32. The molecule has 0 saturated heterocycles. The van der Waals surface area contributed by atoms with Gasteiger partial charge in [-0.15, -0.1) is 11.3 Å². The summed E-state index contributed by atoms with van der Waals surface area (Å²) in [6.45, 7) is 6.77. The lowest BCUT2D eigenvalue weighted by Crippen LogP contribution is -2.57. The molecule has 0 saturated carbocycles. The molecule has 0 atom stereocenters. The third-order valence-corrected chi connectivity index (χ3v) is 4.79. The predicted molar refractivity (Wildman–Crippen MR) is 79.6 cm³/mol. The third kappa shape index (κ3) is 2.69. The van der Waals surface area contributed by atoms with Crippen LogP contribution in [0.2, 0.25) is 0 Å². The summed E-state index contributed by atoms with van der Waals surface area (Å²) in [4.78, 5) is 12.7. The minimum atomic E-state index is -1.06. The highest BCUT2D eigenvalue weighted by Crippen LogP contribution is 2.28. The van der Waals surface area contributed by atoms with Crippen molar-refractivity contribution >= 4 is 27.3 Å². The average molecular weight is 295 g/mol. The van der Waals surface area contributed by atoms with Gasteiger partial charge in [-0.05, 0) is 45.9 Å². The van der Waals surface area contributed by atoms with E-state index in [4.69, 9.17) is 0 Å². The maximum Gasteiger partial charge on any atom is 0.261 e. The standard InChI is InChI=1S/C15H18FNO2S/c1-14(2,15(3,4)19)17-13(18)12-8-9-10(16)6-5-7-11(9)20-12/h5-8,19H,1-4H3,(H,17,18). The number of carbonyl (C=O) groups is 1. The molecule has 2 aromatic rings. The molecule has 2 rings (SSSR count). The van der Waals surface area contributed by atoms with Crippen LogP contribution in [0.25, 0.3) is 10.1 Å². The molecule has 5 heteroatoms. The number of hydrogen-bond donors (Lipinski definition) is 2. The molecule has 0 aliphatic rings. The number of rotatable bonds is 3. The number of hydrogen-bond acceptors (Lipinski definition) is 3. The molecule has 0 aliphatic heterocycles. The van der Waals surface area contributed by atoms with Crippen molar-refractivity contribution in [2.24, 2.45) is 0 Å². The number of fused-ring (bicyclic) bond motifs is 1. The lowest BCUT2D eigenvalue weighted by atomic mass is 9.86. The van der Waals surface area contributed by atoms with Gasteiger partial charge >= 0.3 is 0 Å². The van der Waals surface area contributed by atoms with Crippen LogP contribution in [0.1, 0.15) is 37.4 Å². The zero-order chi connectivity index (χ0) is 15.1. The van der Waals surface area contributed by atoms with Crippen molar-refractivity contribution < 1.29 is 14.3 Å². The third-order valence-electron chi connectivity index (χ3n) is 3.69. The minimum Gasteiger partial charge on any atom is -0.388 e. The van der Waals surface area contributed by atoms with Gasteiger partial charge in [0.15, 0.2) is 0 Å². The topological polar surface area (TPSA) is 49.3 Å². The lowest BCUT2D eigenvalue weighted by molar-refractivity contribution is -0.00284. The molecule has 0 bridgehead atoms. The fraction of sp³-hybridized carbons (Fsp3) is 0.400. The second-order valence-corrected chi connectivity index (χ2v) is 6.98. The zero-order valence-corrected chi connectivity index (χ0v) is 12.8. The van der Waals surface area contributed by atoms with Crippen LogP contribution in [0.5, 0.6) is 0 Å².